The Morgan fingerprint density at radius 3 is 2.73 bits per heavy atom. The van der Waals surface area contributed by atoms with Crippen molar-refractivity contribution in [1.82, 2.24) is 15.0 Å². The molecule has 0 fully saturated rings. The Morgan fingerprint density at radius 2 is 2.07 bits per heavy atom. The standard InChI is InChI=1S/C10H10N4S/c1-7-13-8(11)6-10(14-7)15-9-4-2-3-5-12-9/h2-6H,1H3,(H2,11,13,14). The zero-order chi connectivity index (χ0) is 10.7. The quantitative estimate of drug-likeness (QED) is 0.780. The van der Waals surface area contributed by atoms with E-state index in [9.17, 15) is 0 Å². The van der Waals surface area contributed by atoms with Crippen molar-refractivity contribution in [3.05, 3.63) is 36.3 Å². The predicted octanol–water partition coefficient (Wildman–Crippen LogP) is 1.91. The van der Waals surface area contributed by atoms with Gasteiger partial charge in [0.15, 0.2) is 0 Å². The maximum atomic E-state index is 5.63. The van der Waals surface area contributed by atoms with Crippen LogP contribution in [0.3, 0.4) is 0 Å². The monoisotopic (exact) mass is 218 g/mol. The molecule has 5 heteroatoms. The zero-order valence-corrected chi connectivity index (χ0v) is 9.03. The van der Waals surface area contributed by atoms with Gasteiger partial charge in [-0.05, 0) is 30.8 Å². The highest BCUT2D eigenvalue weighted by Crippen LogP contribution is 2.24. The van der Waals surface area contributed by atoms with Crippen molar-refractivity contribution in [1.29, 1.82) is 0 Å². The highest BCUT2D eigenvalue weighted by Gasteiger charge is 2.02. The fourth-order valence-corrected chi connectivity index (χ4v) is 1.96. The van der Waals surface area contributed by atoms with Crippen molar-refractivity contribution >= 4 is 17.6 Å². The third-order valence-corrected chi connectivity index (χ3v) is 2.55. The van der Waals surface area contributed by atoms with E-state index in [1.165, 1.54) is 11.8 Å². The Morgan fingerprint density at radius 1 is 1.20 bits per heavy atom. The molecule has 0 aromatic carbocycles. The van der Waals surface area contributed by atoms with Gasteiger partial charge in [0.25, 0.3) is 0 Å². The maximum absolute atomic E-state index is 5.63. The summed E-state index contributed by atoms with van der Waals surface area (Å²) in [4.78, 5) is 12.5. The number of hydrogen-bond donors (Lipinski definition) is 1. The van der Waals surface area contributed by atoms with E-state index in [4.69, 9.17) is 5.73 Å². The van der Waals surface area contributed by atoms with Crippen LogP contribution in [0.2, 0.25) is 0 Å². The first-order chi connectivity index (χ1) is 7.24. The highest BCUT2D eigenvalue weighted by atomic mass is 32.2. The molecule has 2 aromatic heterocycles. The molecule has 15 heavy (non-hydrogen) atoms. The molecule has 2 aromatic rings. The van der Waals surface area contributed by atoms with E-state index in [1.54, 1.807) is 12.3 Å². The molecule has 2 heterocycles. The molecule has 0 atom stereocenters. The summed E-state index contributed by atoms with van der Waals surface area (Å²) in [5.74, 6) is 1.16. The van der Waals surface area contributed by atoms with Gasteiger partial charge in [-0.3, -0.25) is 0 Å². The first-order valence-corrected chi connectivity index (χ1v) is 5.26. The molecule has 0 radical (unpaired) electrons. The number of anilines is 1. The van der Waals surface area contributed by atoms with Crippen molar-refractivity contribution in [2.45, 2.75) is 17.0 Å². The van der Waals surface area contributed by atoms with Crippen LogP contribution in [0.15, 0.2) is 40.5 Å². The van der Waals surface area contributed by atoms with Crippen LogP contribution in [0, 0.1) is 6.92 Å². The molecule has 0 saturated heterocycles. The third kappa shape index (κ3) is 2.66. The van der Waals surface area contributed by atoms with E-state index >= 15 is 0 Å². The van der Waals surface area contributed by atoms with Gasteiger partial charge in [0.2, 0.25) is 0 Å². The van der Waals surface area contributed by atoms with E-state index < -0.39 is 0 Å². The van der Waals surface area contributed by atoms with Crippen LogP contribution < -0.4 is 5.73 Å². The summed E-state index contributed by atoms with van der Waals surface area (Å²) in [5.41, 5.74) is 5.63. The summed E-state index contributed by atoms with van der Waals surface area (Å²) in [6.07, 6.45) is 1.75. The predicted molar refractivity (Wildman–Crippen MR) is 59.5 cm³/mol. The van der Waals surface area contributed by atoms with Crippen molar-refractivity contribution in [3.8, 4) is 0 Å². The van der Waals surface area contributed by atoms with Gasteiger partial charge in [0.05, 0.1) is 0 Å². The summed E-state index contributed by atoms with van der Waals surface area (Å²) in [7, 11) is 0. The van der Waals surface area contributed by atoms with E-state index in [0.29, 0.717) is 11.6 Å². The Balaban J connectivity index is 2.25. The second-order valence-corrected chi connectivity index (χ2v) is 3.99. The fraction of sp³-hybridized carbons (Fsp3) is 0.100. The second kappa shape index (κ2) is 4.27. The van der Waals surface area contributed by atoms with E-state index in [0.717, 1.165) is 10.1 Å². The molecule has 0 amide bonds. The number of nitrogen functional groups attached to an aromatic ring is 1. The highest BCUT2D eigenvalue weighted by molar-refractivity contribution is 7.99. The van der Waals surface area contributed by atoms with Gasteiger partial charge in [-0.15, -0.1) is 0 Å². The van der Waals surface area contributed by atoms with Gasteiger partial charge >= 0.3 is 0 Å². The number of nitrogens with two attached hydrogens (primary N) is 1. The Hall–Kier alpha value is -1.62. The molecular weight excluding hydrogens is 208 g/mol. The van der Waals surface area contributed by atoms with Crippen LogP contribution in [0.25, 0.3) is 0 Å². The topological polar surface area (TPSA) is 64.7 Å². The minimum absolute atomic E-state index is 0.487. The lowest BCUT2D eigenvalue weighted by molar-refractivity contribution is 0.971. The lowest BCUT2D eigenvalue weighted by Gasteiger charge is -2.01. The van der Waals surface area contributed by atoms with Crippen LogP contribution in [-0.4, -0.2) is 15.0 Å². The van der Waals surface area contributed by atoms with Gasteiger partial charge in [-0.1, -0.05) is 6.07 Å². The molecule has 0 bridgehead atoms. The van der Waals surface area contributed by atoms with Crippen molar-refractivity contribution in [2.75, 3.05) is 5.73 Å². The Kier molecular flexibility index (Phi) is 2.82. The molecule has 0 saturated carbocycles. The van der Waals surface area contributed by atoms with Crippen molar-refractivity contribution < 1.29 is 0 Å². The normalized spacial score (nSPS) is 10.2. The second-order valence-electron chi connectivity index (χ2n) is 2.95. The lowest BCUT2D eigenvalue weighted by atomic mass is 10.5. The van der Waals surface area contributed by atoms with Crippen LogP contribution in [0.4, 0.5) is 5.82 Å². The van der Waals surface area contributed by atoms with Gasteiger partial charge in [-0.2, -0.15) is 0 Å². The number of hydrogen-bond acceptors (Lipinski definition) is 5. The molecular formula is C10H10N4S. The minimum atomic E-state index is 0.487. The number of rotatable bonds is 2. The third-order valence-electron chi connectivity index (χ3n) is 1.68. The number of nitrogens with zero attached hydrogens (tertiary/aromatic N) is 3. The number of aryl methyl sites for hydroxylation is 1. The van der Waals surface area contributed by atoms with Gasteiger partial charge in [0.1, 0.15) is 21.7 Å². The minimum Gasteiger partial charge on any atom is -0.384 e. The number of aromatic nitrogens is 3. The van der Waals surface area contributed by atoms with Crippen molar-refractivity contribution in [3.63, 3.8) is 0 Å². The van der Waals surface area contributed by atoms with Crippen molar-refractivity contribution in [2.24, 2.45) is 0 Å². The zero-order valence-electron chi connectivity index (χ0n) is 8.21. The molecule has 4 nitrogen and oxygen atoms in total. The molecule has 0 aliphatic carbocycles. The van der Waals surface area contributed by atoms with E-state index in [2.05, 4.69) is 15.0 Å². The number of pyridine rings is 1. The summed E-state index contributed by atoms with van der Waals surface area (Å²) in [5, 5.41) is 1.72. The molecule has 0 aliphatic heterocycles. The summed E-state index contributed by atoms with van der Waals surface area (Å²) >= 11 is 1.47. The Labute approximate surface area is 92.0 Å². The molecule has 2 rings (SSSR count). The van der Waals surface area contributed by atoms with E-state index in [-0.39, 0.29) is 0 Å². The SMILES string of the molecule is Cc1nc(N)cc(Sc2ccccn2)n1. The summed E-state index contributed by atoms with van der Waals surface area (Å²) in [6, 6.07) is 7.49. The van der Waals surface area contributed by atoms with Crippen LogP contribution in [-0.2, 0) is 0 Å². The fourth-order valence-electron chi connectivity index (χ4n) is 1.13. The average molecular weight is 218 g/mol. The average Bonchev–Trinajstić information content (AvgIpc) is 2.17. The molecule has 2 N–H and O–H groups in total. The molecule has 0 aliphatic rings. The summed E-state index contributed by atoms with van der Waals surface area (Å²) in [6.45, 7) is 1.82. The van der Waals surface area contributed by atoms with Crippen LogP contribution in [0.1, 0.15) is 5.82 Å². The maximum Gasteiger partial charge on any atom is 0.128 e. The smallest absolute Gasteiger partial charge is 0.128 e. The Bertz CT molecular complexity index is 438. The largest absolute Gasteiger partial charge is 0.384 e. The van der Waals surface area contributed by atoms with Crippen LogP contribution >= 0.6 is 11.8 Å². The summed E-state index contributed by atoms with van der Waals surface area (Å²) < 4.78 is 0. The van der Waals surface area contributed by atoms with E-state index in [1.807, 2.05) is 25.1 Å². The first-order valence-electron chi connectivity index (χ1n) is 4.44. The molecule has 0 unspecified atom stereocenters. The molecule has 0 spiro atoms. The van der Waals surface area contributed by atoms with Gasteiger partial charge in [0, 0.05) is 12.3 Å². The first kappa shape index (κ1) is 9.92. The molecule has 76 valence electrons. The van der Waals surface area contributed by atoms with Crippen LogP contribution in [0.5, 0.6) is 0 Å². The van der Waals surface area contributed by atoms with Gasteiger partial charge in [-0.25, -0.2) is 15.0 Å². The lowest BCUT2D eigenvalue weighted by Crippen LogP contribution is -1.96. The van der Waals surface area contributed by atoms with Gasteiger partial charge < -0.3 is 5.73 Å².